The molecule has 0 N–H and O–H groups in total. The minimum Gasteiger partial charge on any atom is -0.493 e. The molecule has 0 aliphatic carbocycles. The van der Waals surface area contributed by atoms with Gasteiger partial charge in [0.25, 0.3) is 0 Å². The van der Waals surface area contributed by atoms with Crippen LogP contribution >= 0.6 is 0 Å². The number of rotatable bonds is 3. The average molecular weight is 346 g/mol. The van der Waals surface area contributed by atoms with Gasteiger partial charge in [0, 0.05) is 44.5 Å². The second-order valence-corrected chi connectivity index (χ2v) is 7.02. The van der Waals surface area contributed by atoms with Crippen molar-refractivity contribution >= 4 is 16.7 Å². The molecule has 0 spiro atoms. The van der Waals surface area contributed by atoms with Crippen LogP contribution in [-0.2, 0) is 13.0 Å². The highest BCUT2D eigenvalue weighted by Gasteiger charge is 2.20. The van der Waals surface area contributed by atoms with Gasteiger partial charge in [-0.3, -0.25) is 4.90 Å². The van der Waals surface area contributed by atoms with Crippen LogP contribution in [0.2, 0.25) is 0 Å². The summed E-state index contributed by atoms with van der Waals surface area (Å²) >= 11 is 0. The molecule has 0 atom stereocenters. The molecule has 0 unspecified atom stereocenters. The van der Waals surface area contributed by atoms with Crippen LogP contribution in [0.15, 0.2) is 48.8 Å². The maximum absolute atomic E-state index is 5.61. The minimum atomic E-state index is 0.824. The van der Waals surface area contributed by atoms with Crippen LogP contribution in [0.1, 0.15) is 11.1 Å². The van der Waals surface area contributed by atoms with Crippen molar-refractivity contribution in [2.75, 3.05) is 37.7 Å². The van der Waals surface area contributed by atoms with E-state index in [1.165, 1.54) is 11.1 Å². The number of hydrogen-bond donors (Lipinski definition) is 0. The molecule has 132 valence electrons. The molecule has 1 aromatic heterocycles. The number of para-hydroxylation sites is 1. The average Bonchev–Trinajstić information content (AvgIpc) is 3.16. The molecule has 5 rings (SSSR count). The van der Waals surface area contributed by atoms with Crippen LogP contribution in [0.5, 0.6) is 5.75 Å². The van der Waals surface area contributed by atoms with Crippen LogP contribution in [0, 0.1) is 0 Å². The topological polar surface area (TPSA) is 41.5 Å². The van der Waals surface area contributed by atoms with Crippen molar-refractivity contribution in [1.29, 1.82) is 0 Å². The Labute approximate surface area is 153 Å². The van der Waals surface area contributed by atoms with E-state index in [0.717, 1.165) is 68.2 Å². The van der Waals surface area contributed by atoms with Gasteiger partial charge in [0.1, 0.15) is 17.9 Å². The lowest BCUT2D eigenvalue weighted by molar-refractivity contribution is 0.249. The van der Waals surface area contributed by atoms with E-state index in [1.54, 1.807) is 6.33 Å². The van der Waals surface area contributed by atoms with Crippen LogP contribution in [0.3, 0.4) is 0 Å². The molecule has 3 aromatic rings. The van der Waals surface area contributed by atoms with E-state index < -0.39 is 0 Å². The summed E-state index contributed by atoms with van der Waals surface area (Å²) in [6.45, 7) is 5.91. The van der Waals surface area contributed by atoms with Gasteiger partial charge in [-0.05, 0) is 29.3 Å². The van der Waals surface area contributed by atoms with Crippen molar-refractivity contribution in [3.05, 3.63) is 59.9 Å². The fourth-order valence-electron chi connectivity index (χ4n) is 3.96. The summed E-state index contributed by atoms with van der Waals surface area (Å²) in [6, 6.07) is 14.9. The first kappa shape index (κ1) is 15.6. The molecule has 1 fully saturated rings. The van der Waals surface area contributed by atoms with Gasteiger partial charge in [0.05, 0.1) is 12.1 Å². The van der Waals surface area contributed by atoms with Gasteiger partial charge in [0.15, 0.2) is 0 Å². The molecule has 0 radical (unpaired) electrons. The predicted octanol–water partition coefficient (Wildman–Crippen LogP) is 2.89. The summed E-state index contributed by atoms with van der Waals surface area (Å²) in [7, 11) is 0. The highest BCUT2D eigenvalue weighted by molar-refractivity contribution is 5.89. The normalized spacial score (nSPS) is 17.3. The van der Waals surface area contributed by atoms with Crippen LogP contribution in [0.25, 0.3) is 10.9 Å². The van der Waals surface area contributed by atoms with Crippen LogP contribution < -0.4 is 9.64 Å². The van der Waals surface area contributed by atoms with Gasteiger partial charge in [-0.15, -0.1) is 0 Å². The second kappa shape index (κ2) is 6.57. The number of piperazine rings is 1. The molecule has 1 saturated heterocycles. The predicted molar refractivity (Wildman–Crippen MR) is 103 cm³/mol. The van der Waals surface area contributed by atoms with Gasteiger partial charge in [-0.2, -0.15) is 0 Å². The molecular formula is C21H22N4O. The van der Waals surface area contributed by atoms with Gasteiger partial charge < -0.3 is 9.64 Å². The molecule has 5 nitrogen and oxygen atoms in total. The Morgan fingerprint density at radius 2 is 1.85 bits per heavy atom. The second-order valence-electron chi connectivity index (χ2n) is 7.02. The largest absolute Gasteiger partial charge is 0.493 e. The summed E-state index contributed by atoms with van der Waals surface area (Å²) < 4.78 is 5.61. The van der Waals surface area contributed by atoms with Gasteiger partial charge in [-0.25, -0.2) is 9.97 Å². The Kier molecular flexibility index (Phi) is 3.94. The Morgan fingerprint density at radius 1 is 0.962 bits per heavy atom. The lowest BCUT2D eigenvalue weighted by Gasteiger charge is -2.35. The molecule has 0 saturated carbocycles. The Morgan fingerprint density at radius 3 is 2.77 bits per heavy atom. The molecular weight excluding hydrogens is 324 g/mol. The zero-order valence-corrected chi connectivity index (χ0v) is 14.8. The Bertz CT molecular complexity index is 929. The van der Waals surface area contributed by atoms with Crippen molar-refractivity contribution in [3.8, 4) is 5.75 Å². The number of fused-ring (bicyclic) bond motifs is 2. The maximum Gasteiger partial charge on any atom is 0.139 e. The third-order valence-electron chi connectivity index (χ3n) is 5.35. The Hall–Kier alpha value is -2.66. The number of aromatic nitrogens is 2. The van der Waals surface area contributed by atoms with E-state index in [-0.39, 0.29) is 0 Å². The first-order valence-electron chi connectivity index (χ1n) is 9.28. The quantitative estimate of drug-likeness (QED) is 0.729. The lowest BCUT2D eigenvalue weighted by Crippen LogP contribution is -2.46. The van der Waals surface area contributed by atoms with Crippen molar-refractivity contribution < 1.29 is 4.74 Å². The number of nitrogens with zero attached hydrogens (tertiary/aromatic N) is 4. The molecule has 2 aliphatic rings. The van der Waals surface area contributed by atoms with E-state index in [0.29, 0.717) is 0 Å². The zero-order valence-electron chi connectivity index (χ0n) is 14.8. The van der Waals surface area contributed by atoms with E-state index in [4.69, 9.17) is 4.74 Å². The maximum atomic E-state index is 5.61. The fraction of sp³-hybridized carbons (Fsp3) is 0.333. The van der Waals surface area contributed by atoms with Crippen molar-refractivity contribution in [1.82, 2.24) is 14.9 Å². The van der Waals surface area contributed by atoms with Gasteiger partial charge in [0.2, 0.25) is 0 Å². The molecule has 0 bridgehead atoms. The summed E-state index contributed by atoms with van der Waals surface area (Å²) in [4.78, 5) is 13.9. The molecule has 0 amide bonds. The van der Waals surface area contributed by atoms with E-state index in [9.17, 15) is 0 Å². The SMILES string of the molecule is c1ccc2c(N3CCN(Cc4ccc5c(c4)CCO5)CC3)ncnc2c1. The fourth-order valence-corrected chi connectivity index (χ4v) is 3.96. The highest BCUT2D eigenvalue weighted by atomic mass is 16.5. The number of anilines is 1. The third kappa shape index (κ3) is 2.88. The van der Waals surface area contributed by atoms with Gasteiger partial charge in [-0.1, -0.05) is 24.3 Å². The highest BCUT2D eigenvalue weighted by Crippen LogP contribution is 2.27. The van der Waals surface area contributed by atoms with Crippen molar-refractivity contribution in [2.24, 2.45) is 0 Å². The first-order chi connectivity index (χ1) is 12.9. The number of ether oxygens (including phenoxy) is 1. The minimum absolute atomic E-state index is 0.824. The molecule has 2 aliphatic heterocycles. The van der Waals surface area contributed by atoms with E-state index >= 15 is 0 Å². The van der Waals surface area contributed by atoms with Crippen molar-refractivity contribution in [2.45, 2.75) is 13.0 Å². The van der Waals surface area contributed by atoms with Crippen LogP contribution in [0.4, 0.5) is 5.82 Å². The molecule has 3 heterocycles. The molecule has 2 aromatic carbocycles. The summed E-state index contributed by atoms with van der Waals surface area (Å²) in [5.74, 6) is 2.12. The lowest BCUT2D eigenvalue weighted by atomic mass is 10.1. The smallest absolute Gasteiger partial charge is 0.139 e. The first-order valence-corrected chi connectivity index (χ1v) is 9.28. The Balaban J connectivity index is 1.27. The molecule has 5 heteroatoms. The summed E-state index contributed by atoms with van der Waals surface area (Å²) in [5.41, 5.74) is 3.75. The standard InChI is InChI=1S/C21H22N4O/c1-2-4-19-18(3-1)21(23-15-22-19)25-10-8-24(9-11-25)14-16-5-6-20-17(13-16)7-12-26-20/h1-6,13,15H,7-12,14H2. The van der Waals surface area contributed by atoms with Crippen LogP contribution in [-0.4, -0.2) is 47.7 Å². The molecule has 26 heavy (non-hydrogen) atoms. The van der Waals surface area contributed by atoms with Gasteiger partial charge >= 0.3 is 0 Å². The van der Waals surface area contributed by atoms with Crippen molar-refractivity contribution in [3.63, 3.8) is 0 Å². The number of hydrogen-bond acceptors (Lipinski definition) is 5. The monoisotopic (exact) mass is 346 g/mol. The zero-order chi connectivity index (χ0) is 17.3. The number of benzene rings is 2. The summed E-state index contributed by atoms with van der Waals surface area (Å²) in [5, 5.41) is 1.14. The third-order valence-corrected chi connectivity index (χ3v) is 5.35. The van der Waals surface area contributed by atoms with E-state index in [1.807, 2.05) is 12.1 Å². The summed E-state index contributed by atoms with van der Waals surface area (Å²) in [6.07, 6.45) is 2.72. The van der Waals surface area contributed by atoms with E-state index in [2.05, 4.69) is 50.1 Å².